The Bertz CT molecular complexity index is 1400. The molecule has 2 aromatic carbocycles. The van der Waals surface area contributed by atoms with Crippen LogP contribution < -0.4 is 10.6 Å². The number of carbonyl (C=O) groups is 4. The summed E-state index contributed by atoms with van der Waals surface area (Å²) < 4.78 is 16.3. The third-order valence-electron chi connectivity index (χ3n) is 7.52. The van der Waals surface area contributed by atoms with Crippen LogP contribution in [0.1, 0.15) is 77.8 Å². The van der Waals surface area contributed by atoms with Crippen molar-refractivity contribution in [3.05, 3.63) is 59.7 Å². The first-order valence-electron chi connectivity index (χ1n) is 15.5. The van der Waals surface area contributed by atoms with Crippen LogP contribution in [0.4, 0.5) is 14.4 Å². The molecule has 0 aromatic heterocycles. The second-order valence-electron chi connectivity index (χ2n) is 13.5. The first-order valence-corrected chi connectivity index (χ1v) is 15.5. The molecule has 4 rings (SSSR count). The van der Waals surface area contributed by atoms with Crippen molar-refractivity contribution in [2.75, 3.05) is 19.7 Å². The highest BCUT2D eigenvalue weighted by Crippen LogP contribution is 2.44. The normalized spacial score (nSPS) is 17.4. The SMILES string of the molecule is CC(C)(C)OC(=O)NC(=NCCC[C@@H]1C[C@@H](C(=O)O)N(C(=O)OCC2c3ccccc3-c3ccccc32)C1)NC(=O)OC(C)(C)C. The highest BCUT2D eigenvalue weighted by atomic mass is 16.6. The lowest BCUT2D eigenvalue weighted by atomic mass is 9.98. The molecule has 2 aliphatic rings. The first-order chi connectivity index (χ1) is 21.6. The van der Waals surface area contributed by atoms with Gasteiger partial charge in [0.15, 0.2) is 0 Å². The number of likely N-dealkylation sites (tertiary alicyclic amines) is 1. The number of hydrogen-bond acceptors (Lipinski definition) is 8. The van der Waals surface area contributed by atoms with E-state index < -0.39 is 41.5 Å². The Hall–Kier alpha value is -4.61. The zero-order valence-corrected chi connectivity index (χ0v) is 27.3. The van der Waals surface area contributed by atoms with Gasteiger partial charge in [-0.15, -0.1) is 0 Å². The van der Waals surface area contributed by atoms with E-state index in [4.69, 9.17) is 14.2 Å². The molecule has 3 amide bonds. The van der Waals surface area contributed by atoms with Crippen molar-refractivity contribution in [3.8, 4) is 11.1 Å². The van der Waals surface area contributed by atoms with Crippen molar-refractivity contribution in [1.82, 2.24) is 15.5 Å². The average Bonchev–Trinajstić information content (AvgIpc) is 3.52. The van der Waals surface area contributed by atoms with Crippen molar-refractivity contribution < 1.29 is 38.5 Å². The molecule has 0 radical (unpaired) electrons. The number of nitrogens with zero attached hydrogens (tertiary/aromatic N) is 2. The molecule has 1 fully saturated rings. The Morgan fingerprint density at radius 2 is 1.39 bits per heavy atom. The largest absolute Gasteiger partial charge is 0.480 e. The zero-order chi connectivity index (χ0) is 33.6. The van der Waals surface area contributed by atoms with Gasteiger partial charge in [0.25, 0.3) is 0 Å². The second kappa shape index (κ2) is 14.2. The average molecular weight is 637 g/mol. The van der Waals surface area contributed by atoms with Crippen LogP contribution in [0.2, 0.25) is 0 Å². The zero-order valence-electron chi connectivity index (χ0n) is 27.3. The van der Waals surface area contributed by atoms with Gasteiger partial charge in [0, 0.05) is 19.0 Å². The van der Waals surface area contributed by atoms with Crippen LogP contribution in [-0.2, 0) is 19.0 Å². The molecule has 0 spiro atoms. The molecule has 1 aliphatic heterocycles. The maximum atomic E-state index is 13.2. The van der Waals surface area contributed by atoms with Gasteiger partial charge in [-0.1, -0.05) is 48.5 Å². The fraction of sp³-hybridized carbons (Fsp3) is 0.500. The van der Waals surface area contributed by atoms with E-state index in [1.54, 1.807) is 41.5 Å². The summed E-state index contributed by atoms with van der Waals surface area (Å²) >= 11 is 0. The molecule has 0 bridgehead atoms. The van der Waals surface area contributed by atoms with Crippen molar-refractivity contribution in [2.24, 2.45) is 10.9 Å². The molecular weight excluding hydrogens is 592 g/mol. The van der Waals surface area contributed by atoms with Gasteiger partial charge in [-0.25, -0.2) is 19.2 Å². The highest BCUT2D eigenvalue weighted by Gasteiger charge is 2.41. The molecule has 3 N–H and O–H groups in total. The van der Waals surface area contributed by atoms with Crippen molar-refractivity contribution in [3.63, 3.8) is 0 Å². The Balaban J connectivity index is 1.34. The summed E-state index contributed by atoms with van der Waals surface area (Å²) in [5.74, 6) is -1.44. The van der Waals surface area contributed by atoms with Crippen LogP contribution in [0.25, 0.3) is 11.1 Å². The smallest absolute Gasteiger partial charge is 0.414 e. The Morgan fingerprint density at radius 3 is 1.89 bits per heavy atom. The van der Waals surface area contributed by atoms with Crippen molar-refractivity contribution in [1.29, 1.82) is 0 Å². The number of guanidine groups is 1. The van der Waals surface area contributed by atoms with E-state index in [0.29, 0.717) is 12.8 Å². The Labute approximate surface area is 269 Å². The molecule has 46 heavy (non-hydrogen) atoms. The summed E-state index contributed by atoms with van der Waals surface area (Å²) in [5, 5.41) is 14.8. The number of carbonyl (C=O) groups excluding carboxylic acids is 3. The lowest BCUT2D eigenvalue weighted by molar-refractivity contribution is -0.141. The summed E-state index contributed by atoms with van der Waals surface area (Å²) in [7, 11) is 0. The third-order valence-corrected chi connectivity index (χ3v) is 7.52. The van der Waals surface area contributed by atoms with Crippen LogP contribution in [0.15, 0.2) is 53.5 Å². The summed E-state index contributed by atoms with van der Waals surface area (Å²) in [5.41, 5.74) is 2.85. The highest BCUT2D eigenvalue weighted by molar-refractivity contribution is 6.01. The molecule has 248 valence electrons. The maximum absolute atomic E-state index is 13.2. The van der Waals surface area contributed by atoms with Gasteiger partial charge in [0.2, 0.25) is 5.96 Å². The van der Waals surface area contributed by atoms with Gasteiger partial charge in [0.05, 0.1) is 0 Å². The van der Waals surface area contributed by atoms with E-state index >= 15 is 0 Å². The quantitative estimate of drug-likeness (QED) is 0.147. The van der Waals surface area contributed by atoms with E-state index in [1.807, 2.05) is 36.4 Å². The second-order valence-corrected chi connectivity index (χ2v) is 13.5. The number of ether oxygens (including phenoxy) is 3. The predicted octanol–water partition coefficient (Wildman–Crippen LogP) is 5.90. The number of nitrogens with one attached hydrogen (secondary N) is 2. The van der Waals surface area contributed by atoms with E-state index in [9.17, 15) is 24.3 Å². The number of amides is 3. The minimum Gasteiger partial charge on any atom is -0.480 e. The van der Waals surface area contributed by atoms with E-state index in [-0.39, 0.29) is 43.9 Å². The van der Waals surface area contributed by atoms with Crippen LogP contribution in [0.5, 0.6) is 0 Å². The summed E-state index contributed by atoms with van der Waals surface area (Å²) in [6.45, 7) is 10.8. The van der Waals surface area contributed by atoms with E-state index in [0.717, 1.165) is 22.3 Å². The lowest BCUT2D eigenvalue weighted by Gasteiger charge is -2.22. The maximum Gasteiger partial charge on any atom is 0.414 e. The predicted molar refractivity (Wildman–Crippen MR) is 172 cm³/mol. The number of carboxylic acids is 1. The van der Waals surface area contributed by atoms with Crippen LogP contribution in [-0.4, -0.2) is 77.2 Å². The van der Waals surface area contributed by atoms with Gasteiger partial charge in [-0.2, -0.15) is 0 Å². The summed E-state index contributed by atoms with van der Waals surface area (Å²) in [6.07, 6.45) is -0.887. The van der Waals surface area contributed by atoms with Crippen LogP contribution in [0.3, 0.4) is 0 Å². The first kappa shape index (κ1) is 34.3. The minimum absolute atomic E-state index is 0.0992. The number of hydrogen-bond donors (Lipinski definition) is 3. The summed E-state index contributed by atoms with van der Waals surface area (Å²) in [6, 6.07) is 15.0. The topological polar surface area (TPSA) is 156 Å². The molecule has 2 aromatic rings. The molecule has 12 heteroatoms. The van der Waals surface area contributed by atoms with Gasteiger partial charge < -0.3 is 19.3 Å². The van der Waals surface area contributed by atoms with Gasteiger partial charge in [0.1, 0.15) is 23.9 Å². The molecule has 1 saturated heterocycles. The van der Waals surface area contributed by atoms with Crippen LogP contribution >= 0.6 is 0 Å². The number of fused-ring (bicyclic) bond motifs is 3. The number of aliphatic carboxylic acids is 1. The number of rotatable bonds is 7. The fourth-order valence-electron chi connectivity index (χ4n) is 5.73. The number of aliphatic imine (C=N–C) groups is 1. The standard InChI is InChI=1S/C34H44N4O8/c1-33(2,3)45-30(41)36-29(37-31(42)46-34(4,5)6)35-17-11-12-21-18-27(28(39)40)38(19-21)32(43)44-20-26-24-15-9-7-13-22(24)23-14-8-10-16-25(23)26/h7-10,13-16,21,26-27H,11-12,17-20H2,1-6H3,(H,39,40)(H2,35,36,37,41,42)/t21-,27+/m1/s1. The van der Waals surface area contributed by atoms with Gasteiger partial charge in [-0.3, -0.25) is 20.5 Å². The molecular formula is C34H44N4O8. The third kappa shape index (κ3) is 9.21. The van der Waals surface area contributed by atoms with E-state index in [1.165, 1.54) is 4.90 Å². The number of alkyl carbamates (subject to hydrolysis) is 2. The Kier molecular flexibility index (Phi) is 10.6. The molecule has 0 saturated carbocycles. The lowest BCUT2D eigenvalue weighted by Crippen LogP contribution is -2.47. The minimum atomic E-state index is -1.08. The van der Waals surface area contributed by atoms with Crippen molar-refractivity contribution >= 4 is 30.2 Å². The Morgan fingerprint density at radius 1 is 0.870 bits per heavy atom. The van der Waals surface area contributed by atoms with Crippen LogP contribution in [0, 0.1) is 5.92 Å². The van der Waals surface area contributed by atoms with Gasteiger partial charge in [-0.05, 0) is 89.0 Å². The number of carboxylic acid groups (broad SMARTS) is 1. The molecule has 1 heterocycles. The monoisotopic (exact) mass is 636 g/mol. The molecule has 1 aliphatic carbocycles. The summed E-state index contributed by atoms with van der Waals surface area (Å²) in [4.78, 5) is 55.6. The number of benzene rings is 2. The van der Waals surface area contributed by atoms with Crippen molar-refractivity contribution in [2.45, 2.75) is 84.0 Å². The molecule has 12 nitrogen and oxygen atoms in total. The molecule has 0 unspecified atom stereocenters. The molecule has 2 atom stereocenters. The fourth-order valence-corrected chi connectivity index (χ4v) is 5.73. The van der Waals surface area contributed by atoms with E-state index in [2.05, 4.69) is 27.8 Å². The van der Waals surface area contributed by atoms with Gasteiger partial charge >= 0.3 is 24.2 Å².